The van der Waals surface area contributed by atoms with Gasteiger partial charge in [-0.15, -0.1) is 5.10 Å². The van der Waals surface area contributed by atoms with Gasteiger partial charge in [-0.25, -0.2) is 0 Å². The van der Waals surface area contributed by atoms with E-state index >= 15 is 0 Å². The normalized spacial score (nSPS) is 10.5. The third-order valence-corrected chi connectivity index (χ3v) is 1.64. The Hall–Kier alpha value is -1.00. The van der Waals surface area contributed by atoms with Gasteiger partial charge in [0.2, 0.25) is 0 Å². The zero-order chi connectivity index (χ0) is 8.81. The van der Waals surface area contributed by atoms with Gasteiger partial charge in [-0.1, -0.05) is 31.3 Å². The van der Waals surface area contributed by atoms with Crippen LogP contribution in [-0.4, -0.2) is 20.2 Å². The second-order valence-corrected chi connectivity index (χ2v) is 2.72. The first-order chi connectivity index (χ1) is 5.83. The fourth-order valence-corrected chi connectivity index (χ4v) is 0.999. The maximum atomic E-state index is 12.2. The van der Waals surface area contributed by atoms with E-state index in [9.17, 15) is 4.39 Å². The lowest BCUT2D eigenvalue weighted by atomic mass is 10.2. The van der Waals surface area contributed by atoms with Crippen LogP contribution in [0.2, 0.25) is 0 Å². The molecule has 0 aliphatic carbocycles. The van der Waals surface area contributed by atoms with Gasteiger partial charge in [0.15, 0.2) is 0 Å². The average molecular weight is 172 g/mol. The van der Waals surface area contributed by atoms with Crippen LogP contribution in [-0.2, 0) is 6.54 Å². The van der Waals surface area contributed by atoms with E-state index < -0.39 is 6.08 Å². The smallest absolute Gasteiger partial charge is 0.162 e. The summed E-state index contributed by atoms with van der Waals surface area (Å²) in [6.45, 7) is 2.81. The predicted molar refractivity (Wildman–Crippen MR) is 41.9 cm³/mol. The van der Waals surface area contributed by atoms with E-state index in [1.807, 2.05) is 0 Å². The molecule has 0 aromatic carbocycles. The van der Waals surface area contributed by atoms with E-state index in [4.69, 9.17) is 0 Å². The van der Waals surface area contributed by atoms with Crippen molar-refractivity contribution in [2.45, 2.75) is 39.2 Å². The summed E-state index contributed by atoms with van der Waals surface area (Å²) in [6.07, 6.45) is 3.78. The molecule has 0 spiro atoms. The number of hydrogen-bond acceptors (Lipinski definition) is 3. The van der Waals surface area contributed by atoms with E-state index in [0.29, 0.717) is 6.54 Å². The van der Waals surface area contributed by atoms with Crippen molar-refractivity contribution in [3.8, 4) is 0 Å². The lowest BCUT2D eigenvalue weighted by Gasteiger charge is -1.96. The number of tetrazole rings is 1. The third-order valence-electron chi connectivity index (χ3n) is 1.64. The SMILES string of the molecule is CCCCCCn1nnc(F)n1. The summed E-state index contributed by atoms with van der Waals surface area (Å²) in [4.78, 5) is 1.30. The highest BCUT2D eigenvalue weighted by Crippen LogP contribution is 1.99. The summed E-state index contributed by atoms with van der Waals surface area (Å²) in [5.41, 5.74) is 0. The Morgan fingerprint density at radius 3 is 2.75 bits per heavy atom. The molecule has 0 atom stereocenters. The van der Waals surface area contributed by atoms with Gasteiger partial charge in [-0.2, -0.15) is 9.19 Å². The van der Waals surface area contributed by atoms with Gasteiger partial charge in [0.05, 0.1) is 6.54 Å². The predicted octanol–water partition coefficient (Wildman–Crippen LogP) is 1.39. The summed E-state index contributed by atoms with van der Waals surface area (Å²) in [5, 5.41) is 10.1. The van der Waals surface area contributed by atoms with Crippen LogP contribution in [0.3, 0.4) is 0 Å². The monoisotopic (exact) mass is 172 g/mol. The molecule has 0 aliphatic rings. The summed E-state index contributed by atoms with van der Waals surface area (Å²) >= 11 is 0. The van der Waals surface area contributed by atoms with E-state index in [1.54, 1.807) is 0 Å². The number of rotatable bonds is 5. The fraction of sp³-hybridized carbons (Fsp3) is 0.857. The highest BCUT2D eigenvalue weighted by atomic mass is 19.1. The second-order valence-electron chi connectivity index (χ2n) is 2.72. The molecule has 0 aliphatic heterocycles. The Labute approximate surface area is 70.8 Å². The molecule has 4 nitrogen and oxygen atoms in total. The fourth-order valence-electron chi connectivity index (χ4n) is 0.999. The van der Waals surface area contributed by atoms with Crippen molar-refractivity contribution in [1.29, 1.82) is 0 Å². The van der Waals surface area contributed by atoms with Crippen molar-refractivity contribution in [2.75, 3.05) is 0 Å². The number of aromatic nitrogens is 4. The molecule has 1 heterocycles. The van der Waals surface area contributed by atoms with Crippen molar-refractivity contribution in [2.24, 2.45) is 0 Å². The van der Waals surface area contributed by atoms with Crippen molar-refractivity contribution in [3.05, 3.63) is 6.08 Å². The summed E-state index contributed by atoms with van der Waals surface area (Å²) in [6, 6.07) is 0. The zero-order valence-electron chi connectivity index (χ0n) is 7.20. The Balaban J connectivity index is 2.15. The number of unbranched alkanes of at least 4 members (excludes halogenated alkanes) is 3. The van der Waals surface area contributed by atoms with Crippen LogP contribution in [0.4, 0.5) is 4.39 Å². The molecule has 1 aromatic rings. The van der Waals surface area contributed by atoms with Crippen LogP contribution in [0.25, 0.3) is 0 Å². The van der Waals surface area contributed by atoms with Gasteiger partial charge in [0.25, 0.3) is 0 Å². The molecule has 0 fully saturated rings. The Bertz CT molecular complexity index is 223. The summed E-state index contributed by atoms with van der Waals surface area (Å²) in [7, 11) is 0. The highest BCUT2D eigenvalue weighted by molar-refractivity contribution is 4.46. The number of aryl methyl sites for hydroxylation is 1. The molecule has 0 saturated carbocycles. The van der Waals surface area contributed by atoms with Crippen molar-refractivity contribution < 1.29 is 4.39 Å². The van der Waals surface area contributed by atoms with Gasteiger partial charge >= 0.3 is 6.08 Å². The molecule has 0 radical (unpaired) electrons. The van der Waals surface area contributed by atoms with Crippen molar-refractivity contribution in [1.82, 2.24) is 20.2 Å². The van der Waals surface area contributed by atoms with E-state index in [-0.39, 0.29) is 0 Å². The summed E-state index contributed by atoms with van der Waals surface area (Å²) in [5.74, 6) is 0. The minimum absolute atomic E-state index is 0.664. The first-order valence-electron chi connectivity index (χ1n) is 4.26. The Kier molecular flexibility index (Phi) is 3.63. The maximum absolute atomic E-state index is 12.2. The molecule has 0 saturated heterocycles. The summed E-state index contributed by atoms with van der Waals surface area (Å²) < 4.78 is 12.2. The molecule has 0 bridgehead atoms. The van der Waals surface area contributed by atoms with E-state index in [1.165, 1.54) is 17.6 Å². The van der Waals surface area contributed by atoms with Crippen molar-refractivity contribution in [3.63, 3.8) is 0 Å². The molecular weight excluding hydrogens is 159 g/mol. The first-order valence-corrected chi connectivity index (χ1v) is 4.26. The van der Waals surface area contributed by atoms with Gasteiger partial charge in [0.1, 0.15) is 0 Å². The molecule has 0 N–H and O–H groups in total. The molecule has 1 aromatic heterocycles. The van der Waals surface area contributed by atoms with Gasteiger partial charge in [-0.3, -0.25) is 0 Å². The minimum atomic E-state index is -0.745. The molecule has 0 unspecified atom stereocenters. The standard InChI is InChI=1S/C7H13FN4/c1-2-3-4-5-6-12-10-7(8)9-11-12/h2-6H2,1H3. The van der Waals surface area contributed by atoms with Gasteiger partial charge < -0.3 is 0 Å². The topological polar surface area (TPSA) is 43.6 Å². The minimum Gasteiger partial charge on any atom is -0.162 e. The molecule has 12 heavy (non-hydrogen) atoms. The first kappa shape index (κ1) is 9.09. The zero-order valence-corrected chi connectivity index (χ0v) is 7.20. The third kappa shape index (κ3) is 2.94. The lowest BCUT2D eigenvalue weighted by molar-refractivity contribution is 0.464. The van der Waals surface area contributed by atoms with E-state index in [2.05, 4.69) is 22.3 Å². The largest absolute Gasteiger partial charge is 0.347 e. The number of halogens is 1. The van der Waals surface area contributed by atoms with Crippen molar-refractivity contribution >= 4 is 0 Å². The molecule has 1 rings (SSSR count). The maximum Gasteiger partial charge on any atom is 0.347 e. The molecule has 68 valence electrons. The van der Waals surface area contributed by atoms with Gasteiger partial charge in [-0.05, 0) is 11.6 Å². The Morgan fingerprint density at radius 1 is 1.33 bits per heavy atom. The van der Waals surface area contributed by atoms with Crippen LogP contribution in [0.15, 0.2) is 0 Å². The molecule has 0 amide bonds. The van der Waals surface area contributed by atoms with Crippen LogP contribution in [0.5, 0.6) is 0 Å². The van der Waals surface area contributed by atoms with Crippen LogP contribution in [0, 0.1) is 6.08 Å². The molecular formula is C7H13FN4. The molecule has 5 heteroatoms. The average Bonchev–Trinajstić information content (AvgIpc) is 2.45. The quantitative estimate of drug-likeness (QED) is 0.630. The van der Waals surface area contributed by atoms with Crippen LogP contribution >= 0.6 is 0 Å². The van der Waals surface area contributed by atoms with E-state index in [0.717, 1.165) is 12.8 Å². The van der Waals surface area contributed by atoms with Crippen LogP contribution in [0.1, 0.15) is 32.6 Å². The van der Waals surface area contributed by atoms with Gasteiger partial charge in [0, 0.05) is 0 Å². The highest BCUT2D eigenvalue weighted by Gasteiger charge is 1.98. The second kappa shape index (κ2) is 4.79. The Morgan fingerprint density at radius 2 is 2.17 bits per heavy atom. The van der Waals surface area contributed by atoms with Crippen LogP contribution < -0.4 is 0 Å². The number of nitrogens with zero attached hydrogens (tertiary/aromatic N) is 4. The number of hydrogen-bond donors (Lipinski definition) is 0. The lowest BCUT2D eigenvalue weighted by Crippen LogP contribution is -2.02.